The zero-order chi connectivity index (χ0) is 10.6. The Balaban J connectivity index is 2.14. The van der Waals surface area contributed by atoms with E-state index < -0.39 is 0 Å². The highest BCUT2D eigenvalue weighted by Gasteiger charge is 2.32. The van der Waals surface area contributed by atoms with Gasteiger partial charge >= 0.3 is 0 Å². The third-order valence-corrected chi connectivity index (χ3v) is 3.22. The molecule has 82 valence electrons. The smallest absolute Gasteiger partial charge is 0.220 e. The highest BCUT2D eigenvalue weighted by molar-refractivity contribution is 5.76. The van der Waals surface area contributed by atoms with Crippen LogP contribution in [0.3, 0.4) is 0 Å². The molecule has 3 nitrogen and oxygen atoms in total. The maximum atomic E-state index is 11.4. The molecule has 0 aromatic heterocycles. The van der Waals surface area contributed by atoms with E-state index in [1.807, 2.05) is 0 Å². The average Bonchev–Trinajstić information content (AvgIpc) is 2.11. The van der Waals surface area contributed by atoms with Gasteiger partial charge in [-0.05, 0) is 25.2 Å². The Morgan fingerprint density at radius 3 is 2.64 bits per heavy atom. The van der Waals surface area contributed by atoms with Crippen molar-refractivity contribution in [3.05, 3.63) is 0 Å². The molecular weight excluding hydrogens is 176 g/mol. The maximum absolute atomic E-state index is 11.4. The van der Waals surface area contributed by atoms with Gasteiger partial charge < -0.3 is 11.1 Å². The lowest BCUT2D eigenvalue weighted by Gasteiger charge is -2.38. The molecule has 1 aliphatic rings. The van der Waals surface area contributed by atoms with Crippen LogP contribution in [0.2, 0.25) is 0 Å². The number of hydrogen-bond acceptors (Lipinski definition) is 2. The van der Waals surface area contributed by atoms with Crippen LogP contribution in [-0.2, 0) is 4.79 Å². The molecule has 0 aliphatic heterocycles. The van der Waals surface area contributed by atoms with Gasteiger partial charge in [0.15, 0.2) is 0 Å². The van der Waals surface area contributed by atoms with Crippen LogP contribution in [-0.4, -0.2) is 18.0 Å². The Morgan fingerprint density at radius 2 is 2.21 bits per heavy atom. The molecule has 1 aliphatic carbocycles. The number of rotatable bonds is 5. The molecule has 0 aromatic rings. The normalized spacial score (nSPS) is 21.1. The molecule has 3 N–H and O–H groups in total. The predicted molar refractivity (Wildman–Crippen MR) is 57.9 cm³/mol. The van der Waals surface area contributed by atoms with Gasteiger partial charge in [-0.25, -0.2) is 0 Å². The van der Waals surface area contributed by atoms with Crippen molar-refractivity contribution in [1.29, 1.82) is 0 Å². The van der Waals surface area contributed by atoms with E-state index in [-0.39, 0.29) is 11.4 Å². The molecular formula is C11H22N2O. The van der Waals surface area contributed by atoms with E-state index >= 15 is 0 Å². The maximum Gasteiger partial charge on any atom is 0.220 e. The van der Waals surface area contributed by atoms with Crippen molar-refractivity contribution in [3.8, 4) is 0 Å². The summed E-state index contributed by atoms with van der Waals surface area (Å²) in [4.78, 5) is 11.4. The summed E-state index contributed by atoms with van der Waals surface area (Å²) in [5.74, 6) is 0.626. The fourth-order valence-electron chi connectivity index (χ4n) is 1.62. The summed E-state index contributed by atoms with van der Waals surface area (Å²) in [6.07, 6.45) is 5.00. The second-order valence-electron chi connectivity index (χ2n) is 4.71. The van der Waals surface area contributed by atoms with Gasteiger partial charge in [0.2, 0.25) is 5.91 Å². The summed E-state index contributed by atoms with van der Waals surface area (Å²) >= 11 is 0. The van der Waals surface area contributed by atoms with Crippen LogP contribution in [0.4, 0.5) is 0 Å². The van der Waals surface area contributed by atoms with Crippen LogP contribution in [0.1, 0.15) is 46.0 Å². The summed E-state index contributed by atoms with van der Waals surface area (Å²) < 4.78 is 0. The van der Waals surface area contributed by atoms with Crippen molar-refractivity contribution >= 4 is 5.91 Å². The van der Waals surface area contributed by atoms with Crippen molar-refractivity contribution in [3.63, 3.8) is 0 Å². The van der Waals surface area contributed by atoms with Crippen LogP contribution >= 0.6 is 0 Å². The minimum atomic E-state index is -0.0922. The number of carbonyl (C=O) groups is 1. The van der Waals surface area contributed by atoms with E-state index in [1.54, 1.807) is 0 Å². The summed E-state index contributed by atoms with van der Waals surface area (Å²) in [5, 5.41) is 2.93. The molecule has 0 aromatic carbocycles. The molecule has 1 fully saturated rings. The molecule has 0 spiro atoms. The van der Waals surface area contributed by atoms with Gasteiger partial charge in [-0.2, -0.15) is 0 Å². The number of hydrogen-bond donors (Lipinski definition) is 2. The number of carbonyl (C=O) groups excluding carboxylic acids is 1. The van der Waals surface area contributed by atoms with E-state index in [9.17, 15) is 4.79 Å². The Hall–Kier alpha value is -0.570. The second kappa shape index (κ2) is 4.78. The summed E-state index contributed by atoms with van der Waals surface area (Å²) in [5.41, 5.74) is 5.91. The lowest BCUT2D eigenvalue weighted by Crippen LogP contribution is -2.55. The van der Waals surface area contributed by atoms with Crippen molar-refractivity contribution in [2.75, 3.05) is 6.54 Å². The van der Waals surface area contributed by atoms with Crippen LogP contribution in [0.25, 0.3) is 0 Å². The van der Waals surface area contributed by atoms with E-state index in [2.05, 4.69) is 19.2 Å². The molecule has 0 heterocycles. The molecule has 0 bridgehead atoms. The van der Waals surface area contributed by atoms with Crippen molar-refractivity contribution in [2.24, 2.45) is 11.7 Å². The zero-order valence-electron chi connectivity index (χ0n) is 9.31. The van der Waals surface area contributed by atoms with E-state index in [0.29, 0.717) is 18.9 Å². The summed E-state index contributed by atoms with van der Waals surface area (Å²) in [6, 6.07) is 0. The van der Waals surface area contributed by atoms with Gasteiger partial charge in [0.25, 0.3) is 0 Å². The number of nitrogens with one attached hydrogen (secondary N) is 1. The van der Waals surface area contributed by atoms with Gasteiger partial charge in [-0.1, -0.05) is 20.3 Å². The molecule has 1 amide bonds. The summed E-state index contributed by atoms with van der Waals surface area (Å²) in [7, 11) is 0. The third kappa shape index (κ3) is 3.29. The zero-order valence-corrected chi connectivity index (χ0v) is 9.31. The first-order chi connectivity index (χ1) is 6.56. The topological polar surface area (TPSA) is 55.1 Å². The Labute approximate surface area is 86.4 Å². The monoisotopic (exact) mass is 198 g/mol. The fraction of sp³-hybridized carbons (Fsp3) is 0.909. The fourth-order valence-corrected chi connectivity index (χ4v) is 1.62. The van der Waals surface area contributed by atoms with Crippen molar-refractivity contribution in [1.82, 2.24) is 5.32 Å². The molecule has 0 saturated heterocycles. The van der Waals surface area contributed by atoms with Crippen LogP contribution in [0, 0.1) is 5.92 Å². The minimum Gasteiger partial charge on any atom is -0.354 e. The molecule has 1 saturated carbocycles. The molecule has 1 atom stereocenters. The van der Waals surface area contributed by atoms with E-state index in [1.165, 1.54) is 6.42 Å². The SMILES string of the molecule is CCC(C)CC(=O)NCC1(N)CCC1. The highest BCUT2D eigenvalue weighted by Crippen LogP contribution is 2.28. The van der Waals surface area contributed by atoms with Gasteiger partial charge in [0, 0.05) is 18.5 Å². The first-order valence-electron chi connectivity index (χ1n) is 5.61. The Morgan fingerprint density at radius 1 is 1.57 bits per heavy atom. The molecule has 1 unspecified atom stereocenters. The van der Waals surface area contributed by atoms with Gasteiger partial charge in [0.05, 0.1) is 0 Å². The van der Waals surface area contributed by atoms with Crippen molar-refractivity contribution in [2.45, 2.75) is 51.5 Å². The average molecular weight is 198 g/mol. The largest absolute Gasteiger partial charge is 0.354 e. The quantitative estimate of drug-likeness (QED) is 0.702. The third-order valence-electron chi connectivity index (χ3n) is 3.22. The van der Waals surface area contributed by atoms with Crippen molar-refractivity contribution < 1.29 is 4.79 Å². The lowest BCUT2D eigenvalue weighted by molar-refractivity contribution is -0.122. The highest BCUT2D eigenvalue weighted by atomic mass is 16.1. The molecule has 3 heteroatoms. The number of amides is 1. The molecule has 1 rings (SSSR count). The van der Waals surface area contributed by atoms with Crippen LogP contribution in [0.15, 0.2) is 0 Å². The Bertz CT molecular complexity index is 199. The Kier molecular flexibility index (Phi) is 3.93. The first-order valence-corrected chi connectivity index (χ1v) is 5.61. The first kappa shape index (κ1) is 11.5. The van der Waals surface area contributed by atoms with Crippen LogP contribution in [0.5, 0.6) is 0 Å². The lowest BCUT2D eigenvalue weighted by atomic mass is 9.78. The van der Waals surface area contributed by atoms with Gasteiger partial charge in [0.1, 0.15) is 0 Å². The molecule has 0 radical (unpaired) electrons. The number of nitrogens with two attached hydrogens (primary N) is 1. The standard InChI is InChI=1S/C11H22N2O/c1-3-9(2)7-10(14)13-8-11(12)5-4-6-11/h9H,3-8,12H2,1-2H3,(H,13,14). The van der Waals surface area contributed by atoms with Crippen LogP contribution < -0.4 is 11.1 Å². The molecule has 14 heavy (non-hydrogen) atoms. The van der Waals surface area contributed by atoms with Gasteiger partial charge in [-0.15, -0.1) is 0 Å². The summed E-state index contributed by atoms with van der Waals surface area (Å²) in [6.45, 7) is 4.86. The van der Waals surface area contributed by atoms with E-state index in [0.717, 1.165) is 19.3 Å². The minimum absolute atomic E-state index is 0.0922. The second-order valence-corrected chi connectivity index (χ2v) is 4.71. The van der Waals surface area contributed by atoms with E-state index in [4.69, 9.17) is 5.73 Å². The predicted octanol–water partition coefficient (Wildman–Crippen LogP) is 1.42. The van der Waals surface area contributed by atoms with Gasteiger partial charge in [-0.3, -0.25) is 4.79 Å².